The van der Waals surface area contributed by atoms with E-state index in [0.717, 1.165) is 17.7 Å². The number of benzene rings is 1. The Bertz CT molecular complexity index is 433. The van der Waals surface area contributed by atoms with Gasteiger partial charge in [0.15, 0.2) is 0 Å². The Kier molecular flexibility index (Phi) is 4.11. The first kappa shape index (κ1) is 14.0. The van der Waals surface area contributed by atoms with Gasteiger partial charge in [0, 0.05) is 28.4 Å². The third kappa shape index (κ3) is 3.12. The number of halogens is 1. The van der Waals surface area contributed by atoms with E-state index in [-0.39, 0.29) is 10.8 Å². The molecule has 1 N–H and O–H groups in total. The van der Waals surface area contributed by atoms with Gasteiger partial charge in [0.25, 0.3) is 0 Å². The highest BCUT2D eigenvalue weighted by atomic mass is 35.5. The summed E-state index contributed by atoms with van der Waals surface area (Å²) >= 11 is 4.86. The lowest BCUT2D eigenvalue weighted by Crippen LogP contribution is -2.42. The van der Waals surface area contributed by atoms with Gasteiger partial charge in [0.2, 0.25) is 0 Å². The second kappa shape index (κ2) is 5.29. The second-order valence-corrected chi connectivity index (χ2v) is 7.81. The zero-order valence-corrected chi connectivity index (χ0v) is 12.4. The summed E-state index contributed by atoms with van der Waals surface area (Å²) in [5, 5.41) is 0.659. The second-order valence-electron chi connectivity index (χ2n) is 5.37. The van der Waals surface area contributed by atoms with Gasteiger partial charge in [-0.05, 0) is 32.9 Å². The molecule has 100 valence electrons. The quantitative estimate of drug-likeness (QED) is 0.850. The maximum absolute atomic E-state index is 12.1. The van der Waals surface area contributed by atoms with Crippen LogP contribution in [0.15, 0.2) is 18.2 Å². The minimum absolute atomic E-state index is 0.0612. The van der Waals surface area contributed by atoms with Gasteiger partial charge in [-0.25, -0.2) is 0 Å². The van der Waals surface area contributed by atoms with Gasteiger partial charge in [-0.1, -0.05) is 17.7 Å². The van der Waals surface area contributed by atoms with Crippen LogP contribution in [0.2, 0.25) is 5.02 Å². The Hall–Kier alpha value is -0.420. The minimum Gasteiger partial charge on any atom is -0.598 e. The van der Waals surface area contributed by atoms with E-state index in [4.69, 9.17) is 16.3 Å². The van der Waals surface area contributed by atoms with Crippen LogP contribution in [0, 0.1) is 0 Å². The van der Waals surface area contributed by atoms with Crippen LogP contribution in [0.1, 0.15) is 38.8 Å². The normalized spacial score (nSPS) is 21.1. The van der Waals surface area contributed by atoms with Crippen LogP contribution in [-0.4, -0.2) is 15.9 Å². The zero-order chi connectivity index (χ0) is 13.3. The highest BCUT2D eigenvalue weighted by Crippen LogP contribution is 2.35. The summed E-state index contributed by atoms with van der Waals surface area (Å²) in [6.07, 6.45) is 0.816. The predicted molar refractivity (Wildman–Crippen MR) is 75.3 cm³/mol. The van der Waals surface area contributed by atoms with Gasteiger partial charge < -0.3 is 9.29 Å². The van der Waals surface area contributed by atoms with Gasteiger partial charge in [-0.3, -0.25) is 0 Å². The van der Waals surface area contributed by atoms with Gasteiger partial charge in [0.05, 0.1) is 12.6 Å². The van der Waals surface area contributed by atoms with Crippen molar-refractivity contribution < 1.29 is 9.29 Å². The van der Waals surface area contributed by atoms with Crippen molar-refractivity contribution in [1.29, 1.82) is 0 Å². The lowest BCUT2D eigenvalue weighted by atomic mass is 10.0. The van der Waals surface area contributed by atoms with E-state index in [1.165, 1.54) is 0 Å². The van der Waals surface area contributed by atoms with Gasteiger partial charge in [-0.15, -0.1) is 4.72 Å². The van der Waals surface area contributed by atoms with Crippen molar-refractivity contribution in [2.45, 2.75) is 38.0 Å². The molecule has 0 amide bonds. The molecule has 1 aliphatic rings. The Morgan fingerprint density at radius 3 is 2.83 bits per heavy atom. The predicted octanol–water partition coefficient (Wildman–Crippen LogP) is 3.22. The molecule has 2 rings (SSSR count). The van der Waals surface area contributed by atoms with E-state index in [0.29, 0.717) is 11.6 Å². The highest BCUT2D eigenvalue weighted by molar-refractivity contribution is 7.90. The first-order valence-electron chi connectivity index (χ1n) is 5.98. The number of ether oxygens (including phenoxy) is 1. The summed E-state index contributed by atoms with van der Waals surface area (Å²) in [5.41, 5.74) is 1.03. The summed E-state index contributed by atoms with van der Waals surface area (Å²) in [7, 11) is 0. The van der Waals surface area contributed by atoms with Crippen molar-refractivity contribution in [3.63, 3.8) is 0 Å². The molecule has 1 aromatic rings. The maximum Gasteiger partial charge on any atom is 0.136 e. The SMILES string of the molecule is CC(C)(C)[S+]([O-])NC1CCOc2cc(Cl)ccc21. The fourth-order valence-corrected chi connectivity index (χ4v) is 2.81. The van der Waals surface area contributed by atoms with Gasteiger partial charge in [-0.2, -0.15) is 0 Å². The van der Waals surface area contributed by atoms with Crippen molar-refractivity contribution >= 4 is 23.0 Å². The van der Waals surface area contributed by atoms with E-state index in [1.54, 1.807) is 0 Å². The molecule has 3 nitrogen and oxygen atoms in total. The Balaban J connectivity index is 2.18. The molecular formula is C13H18ClNO2S. The monoisotopic (exact) mass is 287 g/mol. The molecule has 2 atom stereocenters. The molecule has 0 bridgehead atoms. The van der Waals surface area contributed by atoms with E-state index in [2.05, 4.69) is 4.72 Å². The first-order chi connectivity index (χ1) is 8.38. The third-order valence-electron chi connectivity index (χ3n) is 2.82. The summed E-state index contributed by atoms with van der Waals surface area (Å²) in [6.45, 7) is 6.49. The molecule has 0 fully saturated rings. The first-order valence-corrected chi connectivity index (χ1v) is 7.51. The van der Waals surface area contributed by atoms with Crippen molar-refractivity contribution in [1.82, 2.24) is 4.72 Å². The van der Waals surface area contributed by atoms with E-state index in [1.807, 2.05) is 39.0 Å². The standard InChI is InChI=1S/C13H18ClNO2S/c1-13(2,3)18(16)15-11-6-7-17-12-8-9(14)4-5-10(11)12/h4-5,8,11,15H,6-7H2,1-3H3. The summed E-state index contributed by atoms with van der Waals surface area (Å²) in [6, 6.07) is 5.65. The topological polar surface area (TPSA) is 44.3 Å². The lowest BCUT2D eigenvalue weighted by molar-refractivity contribution is 0.262. The smallest absolute Gasteiger partial charge is 0.136 e. The number of fused-ring (bicyclic) bond motifs is 1. The molecule has 5 heteroatoms. The van der Waals surface area contributed by atoms with Gasteiger partial charge >= 0.3 is 0 Å². The van der Waals surface area contributed by atoms with Crippen LogP contribution >= 0.6 is 11.6 Å². The van der Waals surface area contributed by atoms with Crippen LogP contribution in [0.25, 0.3) is 0 Å². The molecule has 0 aromatic heterocycles. The van der Waals surface area contributed by atoms with Gasteiger partial charge in [0.1, 0.15) is 10.5 Å². The Morgan fingerprint density at radius 1 is 1.44 bits per heavy atom. The third-order valence-corrected chi connectivity index (χ3v) is 4.67. The number of nitrogens with one attached hydrogen (secondary N) is 1. The number of rotatable bonds is 2. The summed E-state index contributed by atoms with van der Waals surface area (Å²) in [5.74, 6) is 0.789. The Labute approximate surface area is 116 Å². The number of hydrogen-bond acceptors (Lipinski definition) is 3. The van der Waals surface area contributed by atoms with E-state index in [9.17, 15) is 4.55 Å². The molecule has 1 heterocycles. The van der Waals surface area contributed by atoms with Crippen LogP contribution in [-0.2, 0) is 11.4 Å². The molecule has 0 aliphatic carbocycles. The maximum atomic E-state index is 12.1. The molecule has 0 spiro atoms. The Morgan fingerprint density at radius 2 is 2.17 bits per heavy atom. The fourth-order valence-electron chi connectivity index (χ4n) is 1.79. The van der Waals surface area contributed by atoms with E-state index >= 15 is 0 Å². The lowest BCUT2D eigenvalue weighted by Gasteiger charge is -2.31. The molecule has 0 saturated heterocycles. The summed E-state index contributed by atoms with van der Waals surface area (Å²) in [4.78, 5) is 0. The fraction of sp³-hybridized carbons (Fsp3) is 0.538. The largest absolute Gasteiger partial charge is 0.598 e. The average Bonchev–Trinajstić information content (AvgIpc) is 2.27. The van der Waals surface area contributed by atoms with Crippen molar-refractivity contribution in [3.05, 3.63) is 28.8 Å². The minimum atomic E-state index is -1.09. The molecule has 0 radical (unpaired) electrons. The summed E-state index contributed by atoms with van der Waals surface area (Å²) < 4.78 is 20.6. The van der Waals surface area contributed by atoms with E-state index < -0.39 is 11.4 Å². The van der Waals surface area contributed by atoms with Crippen LogP contribution in [0.3, 0.4) is 0 Å². The van der Waals surface area contributed by atoms with Crippen LogP contribution < -0.4 is 9.46 Å². The van der Waals surface area contributed by atoms with Crippen molar-refractivity contribution in [2.24, 2.45) is 0 Å². The molecular weight excluding hydrogens is 270 g/mol. The number of hydrogen-bond donors (Lipinski definition) is 1. The molecule has 0 saturated carbocycles. The molecule has 2 unspecified atom stereocenters. The average molecular weight is 288 g/mol. The zero-order valence-electron chi connectivity index (χ0n) is 10.8. The van der Waals surface area contributed by atoms with Crippen molar-refractivity contribution in [3.8, 4) is 5.75 Å². The molecule has 1 aliphatic heterocycles. The molecule has 18 heavy (non-hydrogen) atoms. The van der Waals surface area contributed by atoms with Crippen molar-refractivity contribution in [2.75, 3.05) is 6.61 Å². The highest BCUT2D eigenvalue weighted by Gasteiger charge is 2.32. The molecule has 1 aromatic carbocycles. The van der Waals surface area contributed by atoms with Crippen LogP contribution in [0.5, 0.6) is 5.75 Å². The van der Waals surface area contributed by atoms with Crippen LogP contribution in [0.4, 0.5) is 0 Å².